The van der Waals surface area contributed by atoms with Crippen molar-refractivity contribution in [1.29, 1.82) is 0 Å². The number of nitrogens with zero attached hydrogens (tertiary/aromatic N) is 2. The predicted molar refractivity (Wildman–Crippen MR) is 87.1 cm³/mol. The standard InChI is InChI=1S/C17H14ClN3O2/c1-11-7-8-13(14(18)9-11)17(22)19-10-15-20-16(21-23-15)12-5-3-2-4-6-12/h2-9H,10H2,1H3,(H,19,22). The normalized spacial score (nSPS) is 10.5. The Morgan fingerprint density at radius 1 is 1.22 bits per heavy atom. The van der Waals surface area contributed by atoms with Crippen molar-refractivity contribution in [1.82, 2.24) is 15.5 Å². The molecule has 0 unspecified atom stereocenters. The number of nitrogens with one attached hydrogen (secondary N) is 1. The van der Waals surface area contributed by atoms with Gasteiger partial charge in [0, 0.05) is 5.56 Å². The summed E-state index contributed by atoms with van der Waals surface area (Å²) in [4.78, 5) is 16.4. The van der Waals surface area contributed by atoms with Gasteiger partial charge in [-0.15, -0.1) is 0 Å². The van der Waals surface area contributed by atoms with Crippen LogP contribution in [0.25, 0.3) is 11.4 Å². The van der Waals surface area contributed by atoms with E-state index in [-0.39, 0.29) is 12.5 Å². The van der Waals surface area contributed by atoms with E-state index in [9.17, 15) is 4.79 Å². The number of benzene rings is 2. The molecule has 1 amide bonds. The maximum atomic E-state index is 12.1. The van der Waals surface area contributed by atoms with Crippen LogP contribution in [-0.2, 0) is 6.54 Å². The Morgan fingerprint density at radius 3 is 2.74 bits per heavy atom. The fraction of sp³-hybridized carbons (Fsp3) is 0.118. The number of amides is 1. The smallest absolute Gasteiger partial charge is 0.253 e. The Morgan fingerprint density at radius 2 is 2.00 bits per heavy atom. The van der Waals surface area contributed by atoms with Gasteiger partial charge in [0.1, 0.15) is 0 Å². The van der Waals surface area contributed by atoms with E-state index in [0.29, 0.717) is 22.3 Å². The zero-order valence-electron chi connectivity index (χ0n) is 12.4. The number of rotatable bonds is 4. The van der Waals surface area contributed by atoms with Crippen LogP contribution in [-0.4, -0.2) is 16.0 Å². The fourth-order valence-electron chi connectivity index (χ4n) is 2.09. The molecule has 2 aromatic carbocycles. The Hall–Kier alpha value is -2.66. The number of hydrogen-bond acceptors (Lipinski definition) is 4. The lowest BCUT2D eigenvalue weighted by Gasteiger charge is -2.05. The van der Waals surface area contributed by atoms with Crippen molar-refractivity contribution < 1.29 is 9.32 Å². The van der Waals surface area contributed by atoms with Crippen molar-refractivity contribution in [3.05, 3.63) is 70.6 Å². The molecule has 1 aromatic heterocycles. The molecule has 0 spiro atoms. The van der Waals surface area contributed by atoms with Gasteiger partial charge in [0.25, 0.3) is 5.91 Å². The van der Waals surface area contributed by atoms with Crippen LogP contribution in [0.5, 0.6) is 0 Å². The lowest BCUT2D eigenvalue weighted by atomic mass is 10.1. The number of hydrogen-bond donors (Lipinski definition) is 1. The first-order chi connectivity index (χ1) is 11.1. The van der Waals surface area contributed by atoms with Crippen molar-refractivity contribution >= 4 is 17.5 Å². The molecular weight excluding hydrogens is 314 g/mol. The van der Waals surface area contributed by atoms with Crippen LogP contribution in [0.4, 0.5) is 0 Å². The second-order valence-electron chi connectivity index (χ2n) is 5.04. The molecule has 1 N–H and O–H groups in total. The van der Waals surface area contributed by atoms with Gasteiger partial charge in [-0.05, 0) is 24.6 Å². The van der Waals surface area contributed by atoms with Gasteiger partial charge in [-0.2, -0.15) is 4.98 Å². The highest BCUT2D eigenvalue weighted by molar-refractivity contribution is 6.33. The molecule has 0 saturated heterocycles. The predicted octanol–water partition coefficient (Wildman–Crippen LogP) is 3.63. The third-order valence-corrected chi connectivity index (χ3v) is 3.58. The molecule has 0 atom stereocenters. The number of carbonyl (C=O) groups excluding carboxylic acids is 1. The van der Waals surface area contributed by atoms with E-state index in [2.05, 4.69) is 15.5 Å². The second-order valence-corrected chi connectivity index (χ2v) is 5.45. The summed E-state index contributed by atoms with van der Waals surface area (Å²) in [7, 11) is 0. The van der Waals surface area contributed by atoms with Gasteiger partial charge < -0.3 is 9.84 Å². The monoisotopic (exact) mass is 327 g/mol. The summed E-state index contributed by atoms with van der Waals surface area (Å²) in [5.74, 6) is 0.540. The first kappa shape index (κ1) is 15.2. The SMILES string of the molecule is Cc1ccc(C(=O)NCc2nc(-c3ccccc3)no2)c(Cl)c1. The van der Waals surface area contributed by atoms with Crippen molar-refractivity contribution in [3.63, 3.8) is 0 Å². The largest absolute Gasteiger partial charge is 0.343 e. The van der Waals surface area contributed by atoms with Crippen molar-refractivity contribution in [2.75, 3.05) is 0 Å². The van der Waals surface area contributed by atoms with Gasteiger partial charge in [-0.3, -0.25) is 4.79 Å². The van der Waals surface area contributed by atoms with Crippen LogP contribution < -0.4 is 5.32 Å². The fourth-order valence-corrected chi connectivity index (χ4v) is 2.41. The summed E-state index contributed by atoms with van der Waals surface area (Å²) in [6.07, 6.45) is 0. The molecule has 0 fully saturated rings. The van der Waals surface area contributed by atoms with Crippen molar-refractivity contribution in [3.8, 4) is 11.4 Å². The summed E-state index contributed by atoms with van der Waals surface area (Å²) in [6, 6.07) is 14.8. The van der Waals surface area contributed by atoms with E-state index in [4.69, 9.17) is 16.1 Å². The molecule has 0 bridgehead atoms. The number of aromatic nitrogens is 2. The minimum Gasteiger partial charge on any atom is -0.343 e. The zero-order chi connectivity index (χ0) is 16.2. The molecule has 0 aliphatic rings. The van der Waals surface area contributed by atoms with Crippen molar-refractivity contribution in [2.45, 2.75) is 13.5 Å². The Bertz CT molecular complexity index is 831. The van der Waals surface area contributed by atoms with E-state index in [1.54, 1.807) is 12.1 Å². The summed E-state index contributed by atoms with van der Waals surface area (Å²) >= 11 is 6.08. The van der Waals surface area contributed by atoms with Crippen LogP contribution in [0.2, 0.25) is 5.02 Å². The van der Waals surface area contributed by atoms with Gasteiger partial charge in [0.15, 0.2) is 0 Å². The zero-order valence-corrected chi connectivity index (χ0v) is 13.2. The van der Waals surface area contributed by atoms with Crippen LogP contribution >= 0.6 is 11.6 Å². The highest BCUT2D eigenvalue weighted by Crippen LogP contribution is 2.18. The average Bonchev–Trinajstić information content (AvgIpc) is 3.02. The third kappa shape index (κ3) is 3.57. The van der Waals surface area contributed by atoms with Gasteiger partial charge in [0.2, 0.25) is 11.7 Å². The van der Waals surface area contributed by atoms with Gasteiger partial charge in [0.05, 0.1) is 17.1 Å². The minimum atomic E-state index is -0.283. The summed E-state index contributed by atoms with van der Waals surface area (Å²) in [5, 5.41) is 7.04. The lowest BCUT2D eigenvalue weighted by molar-refractivity contribution is 0.0946. The first-order valence-electron chi connectivity index (χ1n) is 7.06. The third-order valence-electron chi connectivity index (χ3n) is 3.27. The molecule has 0 aliphatic carbocycles. The lowest BCUT2D eigenvalue weighted by Crippen LogP contribution is -2.23. The van der Waals surface area contributed by atoms with Crippen LogP contribution in [0.3, 0.4) is 0 Å². The van der Waals surface area contributed by atoms with Crippen LogP contribution in [0.15, 0.2) is 53.1 Å². The Balaban J connectivity index is 1.67. The maximum Gasteiger partial charge on any atom is 0.253 e. The molecule has 3 aromatic rings. The summed E-state index contributed by atoms with van der Waals surface area (Å²) in [6.45, 7) is 2.06. The molecule has 0 saturated carbocycles. The number of aryl methyl sites for hydroxylation is 1. The highest BCUT2D eigenvalue weighted by Gasteiger charge is 2.13. The van der Waals surface area contributed by atoms with Crippen molar-refractivity contribution in [2.24, 2.45) is 0 Å². The molecule has 0 aliphatic heterocycles. The highest BCUT2D eigenvalue weighted by atomic mass is 35.5. The molecule has 23 heavy (non-hydrogen) atoms. The Labute approximate surface area is 138 Å². The van der Waals surface area contributed by atoms with E-state index >= 15 is 0 Å². The molecule has 0 radical (unpaired) electrons. The number of halogens is 1. The van der Waals surface area contributed by atoms with Gasteiger partial charge >= 0.3 is 0 Å². The topological polar surface area (TPSA) is 68.0 Å². The molecule has 1 heterocycles. The summed E-state index contributed by atoms with van der Waals surface area (Å²) < 4.78 is 5.15. The van der Waals surface area contributed by atoms with Gasteiger partial charge in [-0.1, -0.05) is 53.2 Å². The van der Waals surface area contributed by atoms with Crippen LogP contribution in [0, 0.1) is 6.92 Å². The van der Waals surface area contributed by atoms with E-state index in [1.165, 1.54) is 0 Å². The maximum absolute atomic E-state index is 12.1. The molecule has 116 valence electrons. The van der Waals surface area contributed by atoms with Crippen LogP contribution in [0.1, 0.15) is 21.8 Å². The second kappa shape index (κ2) is 6.62. The van der Waals surface area contributed by atoms with E-state index < -0.39 is 0 Å². The molecule has 3 rings (SSSR count). The Kier molecular flexibility index (Phi) is 4.39. The average molecular weight is 328 g/mol. The minimum absolute atomic E-state index is 0.142. The molecule has 6 heteroatoms. The number of carbonyl (C=O) groups is 1. The summed E-state index contributed by atoms with van der Waals surface area (Å²) in [5.41, 5.74) is 2.27. The van der Waals surface area contributed by atoms with Gasteiger partial charge in [-0.25, -0.2) is 0 Å². The quantitative estimate of drug-likeness (QED) is 0.794. The van der Waals surface area contributed by atoms with E-state index in [0.717, 1.165) is 11.1 Å². The van der Waals surface area contributed by atoms with E-state index in [1.807, 2.05) is 43.3 Å². The first-order valence-corrected chi connectivity index (χ1v) is 7.43. The molecular formula is C17H14ClN3O2. The molecule has 5 nitrogen and oxygen atoms in total.